The fraction of sp³-hybridized carbons (Fsp3) is 1.00. The number of hydrogen-bond donors (Lipinski definition) is 7. The maximum Gasteiger partial charge on any atom is 0.186 e. The van der Waals surface area contributed by atoms with Crippen LogP contribution in [0.1, 0.15) is 0 Å². The summed E-state index contributed by atoms with van der Waals surface area (Å²) < 4.78 is 15.0. The van der Waals surface area contributed by atoms with Crippen molar-refractivity contribution in [1.82, 2.24) is 0 Å². The van der Waals surface area contributed by atoms with Gasteiger partial charge in [-0.3, -0.25) is 0 Å². The zero-order valence-corrected chi connectivity index (χ0v) is 11.0. The number of aliphatic hydroxyl groups is 7. The summed E-state index contributed by atoms with van der Waals surface area (Å²) in [5.74, 6) is 0. The molecular weight excluding hydrogens is 292 g/mol. The summed E-state index contributed by atoms with van der Waals surface area (Å²) in [7, 11) is 0. The molecule has 2 fully saturated rings. The predicted octanol–water partition coefficient (Wildman–Crippen LogP) is -4.76. The van der Waals surface area contributed by atoms with Gasteiger partial charge >= 0.3 is 0 Å². The molecule has 0 aromatic carbocycles. The van der Waals surface area contributed by atoms with Crippen molar-refractivity contribution in [2.45, 2.75) is 55.3 Å². The van der Waals surface area contributed by atoms with Crippen LogP contribution in [0.3, 0.4) is 0 Å². The van der Waals surface area contributed by atoms with E-state index in [4.69, 9.17) is 14.2 Å². The monoisotopic (exact) mass is 312 g/mol. The summed E-state index contributed by atoms with van der Waals surface area (Å²) in [5.41, 5.74) is 0. The molecule has 2 rings (SSSR count). The minimum absolute atomic E-state index is 0.249. The third kappa shape index (κ3) is 3.51. The molecule has 2 aliphatic rings. The van der Waals surface area contributed by atoms with E-state index in [0.717, 1.165) is 0 Å². The zero-order chi connectivity index (χ0) is 15.7. The molecule has 7 N–H and O–H groups in total. The van der Waals surface area contributed by atoms with Crippen molar-refractivity contribution in [1.29, 1.82) is 0 Å². The standard InChI is InChI=1S/C11H20O10/c12-3-1-19-11(9(17)5(3)13)20-2-4-6(14)7(15)8(16)10(18)21-4/h3-18H,1-2H2/t3-,4-,5+,6-,7+,8-,9+,10-,11-/m0/s1. The Morgan fingerprint density at radius 1 is 0.810 bits per heavy atom. The molecule has 0 saturated carbocycles. The van der Waals surface area contributed by atoms with E-state index < -0.39 is 55.3 Å². The molecule has 0 bridgehead atoms. The van der Waals surface area contributed by atoms with Gasteiger partial charge in [0, 0.05) is 0 Å². The van der Waals surface area contributed by atoms with Crippen LogP contribution >= 0.6 is 0 Å². The lowest BCUT2D eigenvalue weighted by molar-refractivity contribution is -0.312. The van der Waals surface area contributed by atoms with Crippen LogP contribution < -0.4 is 0 Å². The molecule has 9 atom stereocenters. The second-order valence-corrected chi connectivity index (χ2v) is 5.12. The van der Waals surface area contributed by atoms with Crippen molar-refractivity contribution in [3.63, 3.8) is 0 Å². The van der Waals surface area contributed by atoms with Gasteiger partial charge in [0.25, 0.3) is 0 Å². The molecule has 0 aromatic heterocycles. The first-order valence-corrected chi connectivity index (χ1v) is 6.48. The highest BCUT2D eigenvalue weighted by Gasteiger charge is 2.44. The largest absolute Gasteiger partial charge is 0.388 e. The van der Waals surface area contributed by atoms with Gasteiger partial charge in [0.2, 0.25) is 0 Å². The van der Waals surface area contributed by atoms with Crippen molar-refractivity contribution in [2.24, 2.45) is 0 Å². The Balaban J connectivity index is 1.88. The molecule has 0 spiro atoms. The highest BCUT2D eigenvalue weighted by molar-refractivity contribution is 4.89. The van der Waals surface area contributed by atoms with Crippen LogP contribution in [0.15, 0.2) is 0 Å². The Bertz CT molecular complexity index is 341. The second-order valence-electron chi connectivity index (χ2n) is 5.12. The quantitative estimate of drug-likeness (QED) is 0.268. The Labute approximate surface area is 119 Å². The number of ether oxygens (including phenoxy) is 3. The van der Waals surface area contributed by atoms with Crippen molar-refractivity contribution in [3.8, 4) is 0 Å². The highest BCUT2D eigenvalue weighted by atomic mass is 16.7. The van der Waals surface area contributed by atoms with Crippen LogP contribution in [0.2, 0.25) is 0 Å². The van der Waals surface area contributed by atoms with Gasteiger partial charge in [0.05, 0.1) is 13.2 Å². The zero-order valence-electron chi connectivity index (χ0n) is 11.0. The molecule has 0 radical (unpaired) electrons. The highest BCUT2D eigenvalue weighted by Crippen LogP contribution is 2.22. The van der Waals surface area contributed by atoms with Gasteiger partial charge in [-0.25, -0.2) is 0 Å². The molecule has 0 amide bonds. The first-order chi connectivity index (χ1) is 9.82. The van der Waals surface area contributed by atoms with E-state index in [1.165, 1.54) is 0 Å². The van der Waals surface area contributed by atoms with Crippen molar-refractivity contribution in [3.05, 3.63) is 0 Å². The fourth-order valence-corrected chi connectivity index (χ4v) is 2.18. The van der Waals surface area contributed by atoms with Gasteiger partial charge in [0.1, 0.15) is 42.7 Å². The summed E-state index contributed by atoms with van der Waals surface area (Å²) >= 11 is 0. The van der Waals surface area contributed by atoms with E-state index >= 15 is 0 Å². The minimum Gasteiger partial charge on any atom is -0.388 e. The van der Waals surface area contributed by atoms with Crippen LogP contribution in [0.4, 0.5) is 0 Å². The maximum atomic E-state index is 9.70. The maximum absolute atomic E-state index is 9.70. The molecular formula is C11H20O10. The van der Waals surface area contributed by atoms with E-state index in [2.05, 4.69) is 0 Å². The average Bonchev–Trinajstić information content (AvgIpc) is 2.46. The molecule has 10 heteroatoms. The van der Waals surface area contributed by atoms with Gasteiger partial charge < -0.3 is 50.0 Å². The third-order valence-corrected chi connectivity index (χ3v) is 3.57. The lowest BCUT2D eigenvalue weighted by Crippen LogP contribution is -2.59. The molecule has 0 aromatic rings. The van der Waals surface area contributed by atoms with Crippen LogP contribution in [-0.4, -0.2) is 104 Å². The molecule has 2 aliphatic heterocycles. The summed E-state index contributed by atoms with van der Waals surface area (Å²) in [4.78, 5) is 0. The topological polar surface area (TPSA) is 169 Å². The van der Waals surface area contributed by atoms with Crippen molar-refractivity contribution >= 4 is 0 Å². The normalized spacial score (nSPS) is 51.9. The Kier molecular flexibility index (Phi) is 5.48. The van der Waals surface area contributed by atoms with Crippen LogP contribution in [0.5, 0.6) is 0 Å². The van der Waals surface area contributed by atoms with Crippen LogP contribution in [-0.2, 0) is 14.2 Å². The summed E-state index contributed by atoms with van der Waals surface area (Å²) in [6, 6.07) is 0. The molecule has 21 heavy (non-hydrogen) atoms. The smallest absolute Gasteiger partial charge is 0.186 e. The van der Waals surface area contributed by atoms with Crippen LogP contribution in [0, 0.1) is 0 Å². The Morgan fingerprint density at radius 3 is 2.14 bits per heavy atom. The SMILES string of the molecule is O[C@@H]1[C@@H](O)[C@H](CO[C@@H]2OC[C@H](O)[C@@H](O)[C@H]2O)O[C@H](O)[C@H]1O. The van der Waals surface area contributed by atoms with Gasteiger partial charge in [0.15, 0.2) is 12.6 Å². The molecule has 0 unspecified atom stereocenters. The second kappa shape index (κ2) is 6.79. The average molecular weight is 312 g/mol. The number of rotatable bonds is 3. The van der Waals surface area contributed by atoms with Gasteiger partial charge in [-0.1, -0.05) is 0 Å². The Hall–Kier alpha value is -0.400. The summed E-state index contributed by atoms with van der Waals surface area (Å²) in [5, 5.41) is 66.2. The predicted molar refractivity (Wildman–Crippen MR) is 62.6 cm³/mol. The van der Waals surface area contributed by atoms with E-state index in [1.54, 1.807) is 0 Å². The van der Waals surface area contributed by atoms with Crippen LogP contribution in [0.25, 0.3) is 0 Å². The summed E-state index contributed by atoms with van der Waals surface area (Å²) in [6.07, 6.45) is -13.1. The Morgan fingerprint density at radius 2 is 1.48 bits per heavy atom. The molecule has 2 saturated heterocycles. The van der Waals surface area contributed by atoms with Gasteiger partial charge in [-0.05, 0) is 0 Å². The lowest BCUT2D eigenvalue weighted by atomic mass is 9.99. The van der Waals surface area contributed by atoms with E-state index in [1.807, 2.05) is 0 Å². The molecule has 2 heterocycles. The molecule has 10 nitrogen and oxygen atoms in total. The third-order valence-electron chi connectivity index (χ3n) is 3.57. The van der Waals surface area contributed by atoms with E-state index in [0.29, 0.717) is 0 Å². The van der Waals surface area contributed by atoms with E-state index in [-0.39, 0.29) is 13.2 Å². The van der Waals surface area contributed by atoms with Crippen molar-refractivity contribution in [2.75, 3.05) is 13.2 Å². The minimum atomic E-state index is -1.69. The van der Waals surface area contributed by atoms with E-state index in [9.17, 15) is 35.7 Å². The molecule has 124 valence electrons. The number of aliphatic hydroxyl groups excluding tert-OH is 7. The van der Waals surface area contributed by atoms with Crippen molar-refractivity contribution < 1.29 is 50.0 Å². The molecule has 0 aliphatic carbocycles. The van der Waals surface area contributed by atoms with Gasteiger partial charge in [-0.2, -0.15) is 0 Å². The number of hydrogen-bond acceptors (Lipinski definition) is 10. The van der Waals surface area contributed by atoms with Gasteiger partial charge in [-0.15, -0.1) is 0 Å². The lowest BCUT2D eigenvalue weighted by Gasteiger charge is -2.40. The summed E-state index contributed by atoms with van der Waals surface area (Å²) in [6.45, 7) is -0.631. The fourth-order valence-electron chi connectivity index (χ4n) is 2.18. The first kappa shape index (κ1) is 17.0. The first-order valence-electron chi connectivity index (χ1n) is 6.48.